The van der Waals surface area contributed by atoms with Crippen LogP contribution in [0.15, 0.2) is 4.52 Å². The maximum atomic E-state index is 11.9. The van der Waals surface area contributed by atoms with Crippen LogP contribution in [0.3, 0.4) is 0 Å². The van der Waals surface area contributed by atoms with E-state index in [4.69, 9.17) is 4.52 Å². The highest BCUT2D eigenvalue weighted by molar-refractivity contribution is 5.84. The van der Waals surface area contributed by atoms with Gasteiger partial charge in [-0.25, -0.2) is 0 Å². The molecule has 0 spiro atoms. The van der Waals surface area contributed by atoms with Crippen LogP contribution in [0, 0.1) is 15.5 Å². The van der Waals surface area contributed by atoms with E-state index in [1.54, 1.807) is 0 Å². The molecule has 7 heteroatoms. The van der Waals surface area contributed by atoms with Gasteiger partial charge < -0.3 is 4.52 Å². The van der Waals surface area contributed by atoms with Crippen LogP contribution in [0.2, 0.25) is 0 Å². The molecule has 7 nitrogen and oxygen atoms in total. The molecule has 1 heterocycles. The Labute approximate surface area is 123 Å². The van der Waals surface area contributed by atoms with Crippen molar-refractivity contribution in [3.8, 4) is 0 Å². The van der Waals surface area contributed by atoms with Gasteiger partial charge in [-0.2, -0.15) is 4.98 Å². The van der Waals surface area contributed by atoms with Crippen molar-refractivity contribution in [3.63, 3.8) is 0 Å². The number of rotatable bonds is 4. The molecule has 0 bridgehead atoms. The zero-order chi connectivity index (χ0) is 15.6. The molecule has 0 unspecified atom stereocenters. The van der Waals surface area contributed by atoms with Crippen molar-refractivity contribution in [2.45, 2.75) is 64.8 Å². The van der Waals surface area contributed by atoms with E-state index >= 15 is 0 Å². The number of ketones is 1. The molecule has 0 saturated heterocycles. The molecule has 0 aromatic carbocycles. The number of carbonyl (C=O) groups excluding carboxylic acids is 1. The van der Waals surface area contributed by atoms with Gasteiger partial charge in [-0.1, -0.05) is 25.9 Å². The molecule has 116 valence electrons. The third-order valence-corrected chi connectivity index (χ3v) is 3.99. The van der Waals surface area contributed by atoms with Gasteiger partial charge >= 0.3 is 0 Å². The molecule has 1 saturated carbocycles. The second-order valence-electron chi connectivity index (χ2n) is 6.69. The molecular weight excluding hydrogens is 274 g/mol. The summed E-state index contributed by atoms with van der Waals surface area (Å²) in [5, 5.41) is 14.7. The Balaban J connectivity index is 1.95. The van der Waals surface area contributed by atoms with Crippen LogP contribution in [0.25, 0.3) is 0 Å². The molecule has 0 aliphatic heterocycles. The molecule has 1 aromatic heterocycles. The van der Waals surface area contributed by atoms with Crippen molar-refractivity contribution < 1.29 is 14.2 Å². The Bertz CT molecular complexity index is 525. The number of carbonyl (C=O) groups is 1. The van der Waals surface area contributed by atoms with Gasteiger partial charge in [0, 0.05) is 29.1 Å². The fourth-order valence-corrected chi connectivity index (χ4v) is 2.45. The second-order valence-corrected chi connectivity index (χ2v) is 6.69. The average molecular weight is 295 g/mol. The average Bonchev–Trinajstić information content (AvgIpc) is 2.86. The number of Topliss-reactive ketones (excluding diaryl/α,β-unsaturated/α-hetero) is 1. The normalized spacial score (nSPS) is 23.0. The summed E-state index contributed by atoms with van der Waals surface area (Å²) in [5.74, 6) is 1.06. The first-order valence-electron chi connectivity index (χ1n) is 7.26. The number of hydrogen-bond acceptors (Lipinski definition) is 6. The minimum atomic E-state index is -0.449. The van der Waals surface area contributed by atoms with Crippen molar-refractivity contribution in [2.75, 3.05) is 0 Å². The number of nitrogens with zero attached hydrogens (tertiary/aromatic N) is 3. The predicted octanol–water partition coefficient (Wildman–Crippen LogP) is 2.53. The standard InChI is InChI=1S/C14H21N3O4/c1-14(2,3)11(18)8-12-15-13(16-21-12)9-4-6-10(7-5-9)17(19)20/h9-10H,4-8H2,1-3H3. The predicted molar refractivity (Wildman–Crippen MR) is 74.5 cm³/mol. The third-order valence-electron chi connectivity index (χ3n) is 3.99. The lowest BCUT2D eigenvalue weighted by Crippen LogP contribution is -2.25. The van der Waals surface area contributed by atoms with Crippen LogP contribution in [0.1, 0.15) is 64.1 Å². The first kappa shape index (κ1) is 15.6. The maximum absolute atomic E-state index is 11.9. The second kappa shape index (κ2) is 5.91. The van der Waals surface area contributed by atoms with Gasteiger partial charge in [0.25, 0.3) is 0 Å². The van der Waals surface area contributed by atoms with E-state index in [-0.39, 0.29) is 23.0 Å². The van der Waals surface area contributed by atoms with Crippen LogP contribution < -0.4 is 0 Å². The summed E-state index contributed by atoms with van der Waals surface area (Å²) in [5.41, 5.74) is -0.432. The number of nitro groups is 1. The Morgan fingerprint density at radius 2 is 1.95 bits per heavy atom. The van der Waals surface area contributed by atoms with Gasteiger partial charge in [-0.05, 0) is 12.8 Å². The van der Waals surface area contributed by atoms with Crippen molar-refractivity contribution >= 4 is 5.78 Å². The Morgan fingerprint density at radius 3 is 2.48 bits per heavy atom. The third kappa shape index (κ3) is 3.86. The van der Waals surface area contributed by atoms with E-state index in [2.05, 4.69) is 10.1 Å². The van der Waals surface area contributed by atoms with Crippen molar-refractivity contribution in [1.82, 2.24) is 10.1 Å². The fraction of sp³-hybridized carbons (Fsp3) is 0.786. The van der Waals surface area contributed by atoms with Crippen LogP contribution in [0.4, 0.5) is 0 Å². The van der Waals surface area contributed by atoms with E-state index in [1.807, 2.05) is 20.8 Å². The van der Waals surface area contributed by atoms with Crippen LogP contribution in [0.5, 0.6) is 0 Å². The summed E-state index contributed by atoms with van der Waals surface area (Å²) in [6.07, 6.45) is 2.61. The maximum Gasteiger partial charge on any atom is 0.234 e. The molecule has 0 amide bonds. The van der Waals surface area contributed by atoms with Crippen molar-refractivity contribution in [3.05, 3.63) is 21.8 Å². The summed E-state index contributed by atoms with van der Waals surface area (Å²) in [4.78, 5) is 26.8. The van der Waals surface area contributed by atoms with Crippen molar-refractivity contribution in [2.24, 2.45) is 5.41 Å². The molecule has 21 heavy (non-hydrogen) atoms. The van der Waals surface area contributed by atoms with Crippen LogP contribution >= 0.6 is 0 Å². The fourth-order valence-electron chi connectivity index (χ4n) is 2.45. The number of aromatic nitrogens is 2. The van der Waals surface area contributed by atoms with E-state index in [1.165, 1.54) is 0 Å². The van der Waals surface area contributed by atoms with Crippen LogP contribution in [-0.2, 0) is 11.2 Å². The lowest BCUT2D eigenvalue weighted by Gasteiger charge is -2.21. The Morgan fingerprint density at radius 1 is 1.33 bits per heavy atom. The van der Waals surface area contributed by atoms with E-state index in [9.17, 15) is 14.9 Å². The molecule has 0 N–H and O–H groups in total. The summed E-state index contributed by atoms with van der Waals surface area (Å²) in [6.45, 7) is 5.56. The van der Waals surface area contributed by atoms with E-state index < -0.39 is 11.5 Å². The summed E-state index contributed by atoms with van der Waals surface area (Å²) >= 11 is 0. The van der Waals surface area contributed by atoms with Gasteiger partial charge in [-0.3, -0.25) is 14.9 Å². The summed E-state index contributed by atoms with van der Waals surface area (Å²) < 4.78 is 5.14. The summed E-state index contributed by atoms with van der Waals surface area (Å²) in [6, 6.07) is -0.449. The zero-order valence-electron chi connectivity index (χ0n) is 12.7. The van der Waals surface area contributed by atoms with E-state index in [0.717, 1.165) is 0 Å². The highest BCUT2D eigenvalue weighted by atomic mass is 16.6. The Hall–Kier alpha value is -1.79. The molecule has 1 fully saturated rings. The SMILES string of the molecule is CC(C)(C)C(=O)Cc1nc(C2CCC([N+](=O)[O-])CC2)no1. The van der Waals surface area contributed by atoms with Gasteiger partial charge in [0.2, 0.25) is 11.9 Å². The molecule has 1 aliphatic carbocycles. The van der Waals surface area contributed by atoms with E-state index in [0.29, 0.717) is 37.4 Å². The highest BCUT2D eigenvalue weighted by Crippen LogP contribution is 2.32. The van der Waals surface area contributed by atoms with Crippen molar-refractivity contribution in [1.29, 1.82) is 0 Å². The lowest BCUT2D eigenvalue weighted by molar-refractivity contribution is -0.526. The highest BCUT2D eigenvalue weighted by Gasteiger charge is 2.32. The molecule has 0 radical (unpaired) electrons. The first-order chi connectivity index (χ1) is 9.77. The molecular formula is C14H21N3O4. The molecule has 2 rings (SSSR count). The number of hydrogen-bond donors (Lipinski definition) is 0. The monoisotopic (exact) mass is 295 g/mol. The quantitative estimate of drug-likeness (QED) is 0.625. The lowest BCUT2D eigenvalue weighted by atomic mass is 9.86. The smallest absolute Gasteiger partial charge is 0.234 e. The van der Waals surface area contributed by atoms with Gasteiger partial charge in [-0.15, -0.1) is 0 Å². The topological polar surface area (TPSA) is 99.1 Å². The molecule has 1 aliphatic rings. The Kier molecular flexibility index (Phi) is 4.39. The minimum absolute atomic E-state index is 0.0507. The zero-order valence-corrected chi connectivity index (χ0v) is 12.7. The van der Waals surface area contributed by atoms with Crippen LogP contribution in [-0.4, -0.2) is 26.9 Å². The molecule has 0 atom stereocenters. The van der Waals surface area contributed by atoms with Gasteiger partial charge in [0.15, 0.2) is 5.82 Å². The van der Waals surface area contributed by atoms with Gasteiger partial charge in [0.1, 0.15) is 5.78 Å². The largest absolute Gasteiger partial charge is 0.339 e. The first-order valence-corrected chi connectivity index (χ1v) is 7.26. The van der Waals surface area contributed by atoms with Gasteiger partial charge in [0.05, 0.1) is 6.42 Å². The summed E-state index contributed by atoms with van der Waals surface area (Å²) in [7, 11) is 0. The minimum Gasteiger partial charge on any atom is -0.339 e. The molecule has 1 aromatic rings.